The highest BCUT2D eigenvalue weighted by Gasteiger charge is 2.30. The van der Waals surface area contributed by atoms with E-state index in [9.17, 15) is 0 Å². The molecule has 1 heteroatoms. The second-order valence-corrected chi connectivity index (χ2v) is 7.02. The maximum atomic E-state index is 3.82. The molecule has 0 saturated heterocycles. The first-order valence-electron chi connectivity index (χ1n) is 8.40. The first-order valence-corrected chi connectivity index (χ1v) is 8.40. The lowest BCUT2D eigenvalue weighted by Gasteiger charge is -2.37. The van der Waals surface area contributed by atoms with E-state index in [0.717, 1.165) is 24.3 Å². The number of rotatable bonds is 5. The summed E-state index contributed by atoms with van der Waals surface area (Å²) in [5.74, 6) is 2.54. The van der Waals surface area contributed by atoms with Crippen LogP contribution < -0.4 is 5.32 Å². The molecule has 20 heavy (non-hydrogen) atoms. The summed E-state index contributed by atoms with van der Waals surface area (Å²) in [5, 5.41) is 3.82. The average Bonchev–Trinajstić information content (AvgIpc) is 2.40. The summed E-state index contributed by atoms with van der Waals surface area (Å²) in [4.78, 5) is 0. The third-order valence-corrected chi connectivity index (χ3v) is 4.74. The predicted molar refractivity (Wildman–Crippen MR) is 87.9 cm³/mol. The molecule has 3 atom stereocenters. The lowest BCUT2D eigenvalue weighted by molar-refractivity contribution is 0.176. The molecular weight excluding hydrogens is 242 g/mol. The van der Waals surface area contributed by atoms with E-state index in [1.54, 1.807) is 0 Å². The van der Waals surface area contributed by atoms with Crippen molar-refractivity contribution >= 4 is 0 Å². The summed E-state index contributed by atoms with van der Waals surface area (Å²) < 4.78 is 0. The van der Waals surface area contributed by atoms with Crippen molar-refractivity contribution in [2.75, 3.05) is 6.54 Å². The van der Waals surface area contributed by atoms with Crippen molar-refractivity contribution in [2.45, 2.75) is 59.4 Å². The molecule has 1 aromatic rings. The van der Waals surface area contributed by atoms with E-state index >= 15 is 0 Å². The zero-order valence-electron chi connectivity index (χ0n) is 13.7. The van der Waals surface area contributed by atoms with Gasteiger partial charge < -0.3 is 5.32 Å². The molecule has 1 N–H and O–H groups in total. The number of aryl methyl sites for hydroxylation is 1. The van der Waals surface area contributed by atoms with Gasteiger partial charge in [-0.05, 0) is 62.5 Å². The molecule has 1 nitrogen and oxygen atoms in total. The van der Waals surface area contributed by atoms with E-state index < -0.39 is 0 Å². The lowest BCUT2D eigenvalue weighted by Crippen LogP contribution is -2.33. The Morgan fingerprint density at radius 2 is 1.65 bits per heavy atom. The van der Waals surface area contributed by atoms with Gasteiger partial charge in [0.1, 0.15) is 0 Å². The Morgan fingerprint density at radius 3 is 2.20 bits per heavy atom. The van der Waals surface area contributed by atoms with E-state index in [4.69, 9.17) is 0 Å². The van der Waals surface area contributed by atoms with Gasteiger partial charge in [0.2, 0.25) is 0 Å². The van der Waals surface area contributed by atoms with Gasteiger partial charge in [-0.15, -0.1) is 0 Å². The molecule has 1 saturated carbocycles. The van der Waals surface area contributed by atoms with Gasteiger partial charge in [0, 0.05) is 6.04 Å². The zero-order valence-corrected chi connectivity index (χ0v) is 13.7. The van der Waals surface area contributed by atoms with E-state index in [1.165, 1.54) is 36.8 Å². The fraction of sp³-hybridized carbons (Fsp3) is 0.684. The van der Waals surface area contributed by atoms with Gasteiger partial charge in [0.15, 0.2) is 0 Å². The highest BCUT2D eigenvalue weighted by atomic mass is 14.9. The van der Waals surface area contributed by atoms with Crippen molar-refractivity contribution in [3.05, 3.63) is 35.4 Å². The van der Waals surface area contributed by atoms with Crippen LogP contribution in [0.25, 0.3) is 0 Å². The third kappa shape index (κ3) is 4.09. The zero-order chi connectivity index (χ0) is 14.5. The van der Waals surface area contributed by atoms with Crippen LogP contribution in [0.1, 0.15) is 63.6 Å². The Bertz CT molecular complexity index is 385. The molecule has 1 fully saturated rings. The molecule has 0 spiro atoms. The lowest BCUT2D eigenvalue weighted by atomic mass is 9.72. The van der Waals surface area contributed by atoms with Crippen molar-refractivity contribution in [1.82, 2.24) is 5.32 Å². The van der Waals surface area contributed by atoms with Crippen LogP contribution in [0.4, 0.5) is 0 Å². The first kappa shape index (κ1) is 15.6. The standard InChI is InChI=1S/C19H31N/c1-5-10-20-19(17-8-6-14(2)7-9-17)18-12-15(3)11-16(4)13-18/h6-9,15-16,18-20H,5,10-13H2,1-4H3. The van der Waals surface area contributed by atoms with Gasteiger partial charge in [-0.3, -0.25) is 0 Å². The Balaban J connectivity index is 2.15. The van der Waals surface area contributed by atoms with Crippen LogP contribution >= 0.6 is 0 Å². The van der Waals surface area contributed by atoms with Gasteiger partial charge >= 0.3 is 0 Å². The quantitative estimate of drug-likeness (QED) is 0.786. The number of hydrogen-bond acceptors (Lipinski definition) is 1. The molecule has 0 aliphatic heterocycles. The maximum absolute atomic E-state index is 3.82. The molecule has 1 aromatic carbocycles. The van der Waals surface area contributed by atoms with Gasteiger partial charge in [0.05, 0.1) is 0 Å². The third-order valence-electron chi connectivity index (χ3n) is 4.74. The highest BCUT2D eigenvalue weighted by Crippen LogP contribution is 2.39. The molecular formula is C19H31N. The molecule has 1 aliphatic carbocycles. The monoisotopic (exact) mass is 273 g/mol. The van der Waals surface area contributed by atoms with Crippen molar-refractivity contribution < 1.29 is 0 Å². The normalized spacial score (nSPS) is 28.3. The summed E-state index contributed by atoms with van der Waals surface area (Å²) in [7, 11) is 0. The molecule has 1 aliphatic rings. The minimum Gasteiger partial charge on any atom is -0.310 e. The van der Waals surface area contributed by atoms with Crippen molar-refractivity contribution in [3.63, 3.8) is 0 Å². The van der Waals surface area contributed by atoms with Crippen molar-refractivity contribution in [1.29, 1.82) is 0 Å². The molecule has 0 bridgehead atoms. The SMILES string of the molecule is CCCNC(c1ccc(C)cc1)C1CC(C)CC(C)C1. The summed E-state index contributed by atoms with van der Waals surface area (Å²) in [5.41, 5.74) is 2.84. The number of hydrogen-bond donors (Lipinski definition) is 1. The number of benzene rings is 1. The molecule has 3 unspecified atom stereocenters. The fourth-order valence-electron chi connectivity index (χ4n) is 3.91. The molecule has 2 rings (SSSR count). The average molecular weight is 273 g/mol. The minimum absolute atomic E-state index is 0.542. The van der Waals surface area contributed by atoms with E-state index in [1.807, 2.05) is 0 Å². The Labute approximate surface area is 125 Å². The summed E-state index contributed by atoms with van der Waals surface area (Å²) in [6.07, 6.45) is 5.37. The first-order chi connectivity index (χ1) is 9.60. The Kier molecular flexibility index (Phi) is 5.65. The largest absolute Gasteiger partial charge is 0.310 e. The van der Waals surface area contributed by atoms with E-state index in [-0.39, 0.29) is 0 Å². The van der Waals surface area contributed by atoms with E-state index in [2.05, 4.69) is 57.3 Å². The predicted octanol–water partition coefficient (Wildman–Crippen LogP) is 5.11. The van der Waals surface area contributed by atoms with Gasteiger partial charge in [-0.25, -0.2) is 0 Å². The van der Waals surface area contributed by atoms with Crippen LogP contribution in [-0.2, 0) is 0 Å². The molecule has 0 heterocycles. The summed E-state index contributed by atoms with van der Waals surface area (Å²) >= 11 is 0. The van der Waals surface area contributed by atoms with Gasteiger partial charge in [-0.2, -0.15) is 0 Å². The van der Waals surface area contributed by atoms with Crippen LogP contribution in [0, 0.1) is 24.7 Å². The Hall–Kier alpha value is -0.820. The Morgan fingerprint density at radius 1 is 1.05 bits per heavy atom. The van der Waals surface area contributed by atoms with E-state index in [0.29, 0.717) is 6.04 Å². The molecule has 0 aromatic heterocycles. The molecule has 0 amide bonds. The van der Waals surface area contributed by atoms with Crippen LogP contribution in [0.5, 0.6) is 0 Å². The van der Waals surface area contributed by atoms with Crippen LogP contribution in [0.3, 0.4) is 0 Å². The van der Waals surface area contributed by atoms with Crippen molar-refractivity contribution in [3.8, 4) is 0 Å². The fourth-order valence-corrected chi connectivity index (χ4v) is 3.91. The van der Waals surface area contributed by atoms with Crippen LogP contribution in [0.15, 0.2) is 24.3 Å². The second-order valence-electron chi connectivity index (χ2n) is 7.02. The highest BCUT2D eigenvalue weighted by molar-refractivity contribution is 5.25. The van der Waals surface area contributed by atoms with Crippen LogP contribution in [0.2, 0.25) is 0 Å². The van der Waals surface area contributed by atoms with Gasteiger partial charge in [-0.1, -0.05) is 50.6 Å². The van der Waals surface area contributed by atoms with Crippen LogP contribution in [-0.4, -0.2) is 6.54 Å². The van der Waals surface area contributed by atoms with Crippen molar-refractivity contribution in [2.24, 2.45) is 17.8 Å². The molecule has 112 valence electrons. The summed E-state index contributed by atoms with van der Waals surface area (Å²) in [6.45, 7) is 10.4. The topological polar surface area (TPSA) is 12.0 Å². The second kappa shape index (κ2) is 7.26. The molecule has 0 radical (unpaired) electrons. The number of nitrogens with one attached hydrogen (secondary N) is 1. The summed E-state index contributed by atoms with van der Waals surface area (Å²) in [6, 6.07) is 9.71. The maximum Gasteiger partial charge on any atom is 0.0348 e. The smallest absolute Gasteiger partial charge is 0.0348 e. The van der Waals surface area contributed by atoms with Gasteiger partial charge in [0.25, 0.3) is 0 Å². The minimum atomic E-state index is 0.542.